The van der Waals surface area contributed by atoms with Crippen molar-refractivity contribution in [2.75, 3.05) is 26.7 Å². The van der Waals surface area contributed by atoms with Crippen LogP contribution in [0.25, 0.3) is 0 Å². The molecule has 1 atom stereocenters. The maximum atomic E-state index is 6.05. The second-order valence-corrected chi connectivity index (χ2v) is 6.84. The van der Waals surface area contributed by atoms with Crippen molar-refractivity contribution in [1.29, 1.82) is 0 Å². The van der Waals surface area contributed by atoms with Crippen molar-refractivity contribution in [3.63, 3.8) is 0 Å². The fourth-order valence-electron chi connectivity index (χ4n) is 3.42. The van der Waals surface area contributed by atoms with Crippen molar-refractivity contribution >= 4 is 29.9 Å². The van der Waals surface area contributed by atoms with Crippen LogP contribution in [0.3, 0.4) is 0 Å². The lowest BCUT2D eigenvalue weighted by Gasteiger charge is -2.35. The zero-order chi connectivity index (χ0) is 18.5. The van der Waals surface area contributed by atoms with Gasteiger partial charge in [-0.25, -0.2) is 0 Å². The number of nitrogens with one attached hydrogen (secondary N) is 1. The molecule has 146 valence electrons. The number of benzene rings is 1. The molecule has 27 heavy (non-hydrogen) atoms. The molecule has 0 saturated carbocycles. The summed E-state index contributed by atoms with van der Waals surface area (Å²) in [5.74, 6) is 0.895. The molecule has 1 aliphatic rings. The first-order valence-corrected chi connectivity index (χ1v) is 9.13. The number of nitrogens with zero attached hydrogens (tertiary/aromatic N) is 3. The number of aryl methyl sites for hydroxylation is 3. The molecule has 1 fully saturated rings. The summed E-state index contributed by atoms with van der Waals surface area (Å²) in [6.45, 7) is 9.28. The Morgan fingerprint density at radius 3 is 2.78 bits per heavy atom. The molecule has 1 unspecified atom stereocenters. The highest BCUT2D eigenvalue weighted by Crippen LogP contribution is 2.25. The zero-order valence-corrected chi connectivity index (χ0v) is 18.9. The van der Waals surface area contributed by atoms with Gasteiger partial charge in [-0.15, -0.1) is 24.0 Å². The predicted octanol–water partition coefficient (Wildman–Crippen LogP) is 3.77. The number of halogens is 1. The van der Waals surface area contributed by atoms with E-state index in [2.05, 4.69) is 52.2 Å². The summed E-state index contributed by atoms with van der Waals surface area (Å²) in [5.41, 5.74) is 5.87. The van der Waals surface area contributed by atoms with E-state index in [1.807, 2.05) is 32.2 Å². The standard InChI is InChI=1S/C21H28N4O.HI/c1-15-8-9-19(16(2)12-15)20-14-25(10-11-26-20)21(22-4)23-13-18-7-5-6-17(3)24-18;/h5-9,12,20H,10-11,13-14H2,1-4H3,(H,22,23);1H. The fraction of sp³-hybridized carbons (Fsp3) is 0.429. The van der Waals surface area contributed by atoms with Gasteiger partial charge in [0, 0.05) is 19.3 Å². The normalized spacial score (nSPS) is 17.4. The van der Waals surface area contributed by atoms with Crippen molar-refractivity contribution in [3.05, 3.63) is 64.5 Å². The smallest absolute Gasteiger partial charge is 0.194 e. The van der Waals surface area contributed by atoms with Crippen LogP contribution >= 0.6 is 24.0 Å². The Morgan fingerprint density at radius 1 is 1.26 bits per heavy atom. The summed E-state index contributed by atoms with van der Waals surface area (Å²) in [4.78, 5) is 11.3. The molecule has 0 amide bonds. The van der Waals surface area contributed by atoms with E-state index in [1.54, 1.807) is 0 Å². The second-order valence-electron chi connectivity index (χ2n) is 6.84. The van der Waals surface area contributed by atoms with Crippen LogP contribution in [0.5, 0.6) is 0 Å². The number of guanidine groups is 1. The minimum Gasteiger partial charge on any atom is -0.370 e. The predicted molar refractivity (Wildman–Crippen MR) is 121 cm³/mol. The molecule has 1 N–H and O–H groups in total. The van der Waals surface area contributed by atoms with Gasteiger partial charge in [0.15, 0.2) is 5.96 Å². The molecule has 0 spiro atoms. The van der Waals surface area contributed by atoms with Gasteiger partial charge in [0.2, 0.25) is 0 Å². The highest BCUT2D eigenvalue weighted by atomic mass is 127. The molecule has 5 nitrogen and oxygen atoms in total. The molecule has 1 aromatic carbocycles. The molecule has 6 heteroatoms. The molecular weight excluding hydrogens is 451 g/mol. The highest BCUT2D eigenvalue weighted by molar-refractivity contribution is 14.0. The molecular formula is C21H29IN4O. The molecule has 1 aromatic heterocycles. The SMILES string of the molecule is CN=C(NCc1cccc(C)n1)N1CCOC(c2ccc(C)cc2C)C1.I. The molecule has 0 radical (unpaired) electrons. The molecule has 2 heterocycles. The van der Waals surface area contributed by atoms with Crippen LogP contribution in [-0.4, -0.2) is 42.6 Å². The average molecular weight is 480 g/mol. The van der Waals surface area contributed by atoms with Gasteiger partial charge in [0.05, 0.1) is 25.4 Å². The molecule has 1 aliphatic heterocycles. The van der Waals surface area contributed by atoms with Crippen LogP contribution in [0.4, 0.5) is 0 Å². The summed E-state index contributed by atoms with van der Waals surface area (Å²) in [5, 5.41) is 3.44. The Morgan fingerprint density at radius 2 is 2.07 bits per heavy atom. The number of aromatic nitrogens is 1. The first kappa shape index (κ1) is 21.6. The number of aliphatic imine (C=N–C) groups is 1. The molecule has 1 saturated heterocycles. The molecule has 0 bridgehead atoms. The molecule has 2 aromatic rings. The van der Waals surface area contributed by atoms with Crippen LogP contribution in [0.15, 0.2) is 41.4 Å². The van der Waals surface area contributed by atoms with Crippen molar-refractivity contribution < 1.29 is 4.74 Å². The van der Waals surface area contributed by atoms with Crippen molar-refractivity contribution in [1.82, 2.24) is 15.2 Å². The van der Waals surface area contributed by atoms with E-state index in [1.165, 1.54) is 16.7 Å². The Balaban J connectivity index is 0.00000261. The maximum absolute atomic E-state index is 6.05. The first-order valence-electron chi connectivity index (χ1n) is 9.13. The van der Waals surface area contributed by atoms with Gasteiger partial charge in [-0.1, -0.05) is 29.8 Å². The van der Waals surface area contributed by atoms with Crippen LogP contribution in [0.2, 0.25) is 0 Å². The Hall–Kier alpha value is -1.67. The average Bonchev–Trinajstić information content (AvgIpc) is 2.62. The van der Waals surface area contributed by atoms with Gasteiger partial charge in [-0.05, 0) is 44.0 Å². The number of morpholine rings is 1. The van der Waals surface area contributed by atoms with Crippen LogP contribution < -0.4 is 5.32 Å². The molecule has 3 rings (SSSR count). The highest BCUT2D eigenvalue weighted by Gasteiger charge is 2.25. The van der Waals surface area contributed by atoms with E-state index < -0.39 is 0 Å². The van der Waals surface area contributed by atoms with Gasteiger partial charge < -0.3 is 15.0 Å². The lowest BCUT2D eigenvalue weighted by Crippen LogP contribution is -2.48. The third-order valence-electron chi connectivity index (χ3n) is 4.72. The second kappa shape index (κ2) is 10.0. The summed E-state index contributed by atoms with van der Waals surface area (Å²) < 4.78 is 6.05. The lowest BCUT2D eigenvalue weighted by atomic mass is 10.00. The molecule has 0 aliphatic carbocycles. The largest absolute Gasteiger partial charge is 0.370 e. The van der Waals surface area contributed by atoms with E-state index in [-0.39, 0.29) is 30.1 Å². The van der Waals surface area contributed by atoms with Crippen LogP contribution in [0, 0.1) is 20.8 Å². The summed E-state index contributed by atoms with van der Waals surface area (Å²) in [6, 6.07) is 12.6. The van der Waals surface area contributed by atoms with Crippen LogP contribution in [-0.2, 0) is 11.3 Å². The van der Waals surface area contributed by atoms with Crippen molar-refractivity contribution in [2.45, 2.75) is 33.4 Å². The monoisotopic (exact) mass is 480 g/mol. The van der Waals surface area contributed by atoms with E-state index in [0.717, 1.165) is 30.4 Å². The fourth-order valence-corrected chi connectivity index (χ4v) is 3.42. The van der Waals surface area contributed by atoms with Gasteiger partial charge in [0.25, 0.3) is 0 Å². The van der Waals surface area contributed by atoms with Gasteiger partial charge in [0.1, 0.15) is 6.10 Å². The van der Waals surface area contributed by atoms with Gasteiger partial charge >= 0.3 is 0 Å². The van der Waals surface area contributed by atoms with E-state index in [4.69, 9.17) is 4.74 Å². The van der Waals surface area contributed by atoms with Crippen molar-refractivity contribution in [2.24, 2.45) is 4.99 Å². The zero-order valence-electron chi connectivity index (χ0n) is 16.5. The number of ether oxygens (including phenoxy) is 1. The van der Waals surface area contributed by atoms with Gasteiger partial charge in [-0.3, -0.25) is 9.98 Å². The van der Waals surface area contributed by atoms with Gasteiger partial charge in [-0.2, -0.15) is 0 Å². The Bertz CT molecular complexity index is 794. The van der Waals surface area contributed by atoms with Crippen molar-refractivity contribution in [3.8, 4) is 0 Å². The number of hydrogen-bond donors (Lipinski definition) is 1. The van der Waals surface area contributed by atoms with Crippen LogP contribution in [0.1, 0.15) is 34.2 Å². The van der Waals surface area contributed by atoms with E-state index in [0.29, 0.717) is 13.2 Å². The van der Waals surface area contributed by atoms with E-state index >= 15 is 0 Å². The number of rotatable bonds is 3. The summed E-state index contributed by atoms with van der Waals surface area (Å²) >= 11 is 0. The first-order chi connectivity index (χ1) is 12.6. The number of pyridine rings is 1. The lowest BCUT2D eigenvalue weighted by molar-refractivity contribution is -0.00834. The third kappa shape index (κ3) is 5.65. The quantitative estimate of drug-likeness (QED) is 0.413. The third-order valence-corrected chi connectivity index (χ3v) is 4.72. The maximum Gasteiger partial charge on any atom is 0.194 e. The van der Waals surface area contributed by atoms with E-state index in [9.17, 15) is 0 Å². The minimum atomic E-state index is 0. The summed E-state index contributed by atoms with van der Waals surface area (Å²) in [7, 11) is 1.83. The Labute approximate surface area is 179 Å². The Kier molecular flexibility index (Phi) is 8.04. The topological polar surface area (TPSA) is 49.8 Å². The minimum absolute atomic E-state index is 0. The number of hydrogen-bond acceptors (Lipinski definition) is 3. The summed E-state index contributed by atoms with van der Waals surface area (Å²) in [6.07, 6.45) is 0.0694.